The predicted molar refractivity (Wildman–Crippen MR) is 110 cm³/mol. The summed E-state index contributed by atoms with van der Waals surface area (Å²) in [5.41, 5.74) is 2.05. The Kier molecular flexibility index (Phi) is 7.97. The lowest BCUT2D eigenvalue weighted by atomic mass is 9.88. The van der Waals surface area contributed by atoms with Crippen molar-refractivity contribution in [3.63, 3.8) is 0 Å². The predicted octanol–water partition coefficient (Wildman–Crippen LogP) is 3.65. The molecule has 0 radical (unpaired) electrons. The molecule has 0 spiro atoms. The molecule has 0 aliphatic carbocycles. The second-order valence-corrected chi connectivity index (χ2v) is 7.41. The maximum absolute atomic E-state index is 11.4. The topological polar surface area (TPSA) is 77.8 Å². The Morgan fingerprint density at radius 3 is 2.00 bits per heavy atom. The molecule has 30 heavy (non-hydrogen) atoms. The third-order valence-corrected chi connectivity index (χ3v) is 5.16. The summed E-state index contributed by atoms with van der Waals surface area (Å²) in [4.78, 5) is 11.4. The van der Waals surface area contributed by atoms with Crippen molar-refractivity contribution in [1.29, 1.82) is 5.26 Å². The van der Waals surface area contributed by atoms with E-state index < -0.39 is 30.4 Å². The Bertz CT molecular complexity index is 836. The van der Waals surface area contributed by atoms with E-state index in [2.05, 4.69) is 6.07 Å². The fraction of sp³-hybridized carbons (Fsp3) is 0.417. The molecule has 158 valence electrons. The first-order chi connectivity index (χ1) is 14.6. The zero-order valence-corrected chi connectivity index (χ0v) is 17.3. The maximum Gasteiger partial charge on any atom is 0.302 e. The van der Waals surface area contributed by atoms with Crippen molar-refractivity contribution >= 4 is 5.97 Å². The van der Waals surface area contributed by atoms with E-state index in [0.717, 1.165) is 11.1 Å². The van der Waals surface area contributed by atoms with Crippen molar-refractivity contribution in [2.24, 2.45) is 5.92 Å². The van der Waals surface area contributed by atoms with E-state index >= 15 is 0 Å². The molecule has 5 atom stereocenters. The Morgan fingerprint density at radius 2 is 1.50 bits per heavy atom. The number of rotatable bonds is 8. The zero-order valence-electron chi connectivity index (χ0n) is 17.3. The number of benzene rings is 2. The van der Waals surface area contributed by atoms with Gasteiger partial charge in [0, 0.05) is 12.8 Å². The molecule has 1 aliphatic rings. The number of carbonyl (C=O) groups excluding carboxylic acids is 1. The Morgan fingerprint density at radius 1 is 0.967 bits per heavy atom. The number of carbonyl (C=O) groups is 1. The van der Waals surface area contributed by atoms with Crippen LogP contribution in [0.25, 0.3) is 0 Å². The quantitative estimate of drug-likeness (QED) is 0.620. The fourth-order valence-corrected chi connectivity index (χ4v) is 3.54. The molecule has 1 aliphatic heterocycles. The highest BCUT2D eigenvalue weighted by Gasteiger charge is 2.46. The lowest BCUT2D eigenvalue weighted by molar-refractivity contribution is -0.230. The molecule has 2 aromatic rings. The Labute approximate surface area is 177 Å². The van der Waals surface area contributed by atoms with Gasteiger partial charge in [-0.1, -0.05) is 67.6 Å². The zero-order chi connectivity index (χ0) is 21.3. The average Bonchev–Trinajstić information content (AvgIpc) is 2.77. The minimum atomic E-state index is -0.678. The van der Waals surface area contributed by atoms with Gasteiger partial charge in [0.15, 0.2) is 0 Å². The third kappa shape index (κ3) is 5.90. The van der Waals surface area contributed by atoms with E-state index in [4.69, 9.17) is 18.9 Å². The van der Waals surface area contributed by atoms with E-state index in [1.807, 2.05) is 67.6 Å². The van der Waals surface area contributed by atoms with Crippen LogP contribution in [-0.2, 0) is 37.0 Å². The normalized spacial score (nSPS) is 26.0. The number of esters is 1. The molecule has 1 heterocycles. The summed E-state index contributed by atoms with van der Waals surface area (Å²) in [6, 6.07) is 21.8. The molecule has 3 rings (SSSR count). The van der Waals surface area contributed by atoms with Gasteiger partial charge < -0.3 is 18.9 Å². The first-order valence-corrected chi connectivity index (χ1v) is 10.1. The average molecular weight is 409 g/mol. The number of nitriles is 1. The van der Waals surface area contributed by atoms with Gasteiger partial charge >= 0.3 is 5.97 Å². The van der Waals surface area contributed by atoms with Gasteiger partial charge in [0.1, 0.15) is 24.9 Å². The van der Waals surface area contributed by atoms with Gasteiger partial charge in [-0.3, -0.25) is 4.79 Å². The van der Waals surface area contributed by atoms with Gasteiger partial charge in [0.25, 0.3) is 0 Å². The fourth-order valence-electron chi connectivity index (χ4n) is 3.54. The number of nitrogens with zero attached hydrogens (tertiary/aromatic N) is 1. The van der Waals surface area contributed by atoms with Crippen molar-refractivity contribution < 1.29 is 23.7 Å². The van der Waals surface area contributed by atoms with E-state index in [1.165, 1.54) is 6.92 Å². The summed E-state index contributed by atoms with van der Waals surface area (Å²) in [6.07, 6.45) is -2.16. The molecule has 0 N–H and O–H groups in total. The van der Waals surface area contributed by atoms with Crippen LogP contribution in [0.2, 0.25) is 0 Å². The van der Waals surface area contributed by atoms with E-state index in [0.29, 0.717) is 13.2 Å². The molecule has 0 amide bonds. The van der Waals surface area contributed by atoms with Crippen LogP contribution in [0.15, 0.2) is 60.7 Å². The molecule has 1 saturated heterocycles. The van der Waals surface area contributed by atoms with Gasteiger partial charge in [0.2, 0.25) is 0 Å². The number of hydrogen-bond acceptors (Lipinski definition) is 6. The molecule has 6 nitrogen and oxygen atoms in total. The first kappa shape index (κ1) is 22.0. The highest BCUT2D eigenvalue weighted by Crippen LogP contribution is 2.31. The summed E-state index contributed by atoms with van der Waals surface area (Å²) in [7, 11) is 0. The monoisotopic (exact) mass is 409 g/mol. The molecule has 0 unspecified atom stereocenters. The van der Waals surface area contributed by atoms with Crippen LogP contribution in [0.5, 0.6) is 0 Å². The number of ether oxygens (including phenoxy) is 4. The summed E-state index contributed by atoms with van der Waals surface area (Å²) < 4.78 is 23.6. The molecule has 0 bridgehead atoms. The molecule has 1 fully saturated rings. The van der Waals surface area contributed by atoms with E-state index in [-0.39, 0.29) is 12.5 Å². The largest absolute Gasteiger partial charge is 0.463 e. The first-order valence-electron chi connectivity index (χ1n) is 10.1. The Hall–Kier alpha value is -2.72. The highest BCUT2D eigenvalue weighted by atomic mass is 16.6. The van der Waals surface area contributed by atoms with Crippen LogP contribution in [0, 0.1) is 17.2 Å². The van der Waals surface area contributed by atoms with Crippen LogP contribution in [0.4, 0.5) is 0 Å². The third-order valence-electron chi connectivity index (χ3n) is 5.16. The Balaban J connectivity index is 1.79. The van der Waals surface area contributed by atoms with Gasteiger partial charge in [-0.15, -0.1) is 0 Å². The summed E-state index contributed by atoms with van der Waals surface area (Å²) >= 11 is 0. The molecule has 0 aromatic heterocycles. The van der Waals surface area contributed by atoms with Crippen molar-refractivity contribution in [3.05, 3.63) is 71.8 Å². The summed E-state index contributed by atoms with van der Waals surface area (Å²) in [5.74, 6) is -0.623. The van der Waals surface area contributed by atoms with E-state index in [9.17, 15) is 10.1 Å². The summed E-state index contributed by atoms with van der Waals surface area (Å²) in [6.45, 7) is 4.02. The van der Waals surface area contributed by atoms with Crippen LogP contribution < -0.4 is 0 Å². The highest BCUT2D eigenvalue weighted by molar-refractivity contribution is 5.65. The minimum Gasteiger partial charge on any atom is -0.463 e. The molecule has 2 aromatic carbocycles. The van der Waals surface area contributed by atoms with Crippen molar-refractivity contribution in [2.45, 2.75) is 51.5 Å². The molecule has 6 heteroatoms. The standard InChI is InChI=1S/C24H27NO5/c1-17-21(13-25)30-22(16-27-18(2)26)24(29-15-20-11-7-4-8-12-20)23(17)28-14-19-9-5-3-6-10-19/h3-12,17,21-24H,14-16H2,1-2H3/t17-,21+,22+,23+,24+/m0/s1. The molecular formula is C24H27NO5. The minimum absolute atomic E-state index is 0.00485. The van der Waals surface area contributed by atoms with Crippen LogP contribution in [0.1, 0.15) is 25.0 Å². The van der Waals surface area contributed by atoms with Crippen molar-refractivity contribution in [1.82, 2.24) is 0 Å². The van der Waals surface area contributed by atoms with Crippen LogP contribution >= 0.6 is 0 Å². The number of hydrogen-bond donors (Lipinski definition) is 0. The molecule has 0 saturated carbocycles. The van der Waals surface area contributed by atoms with Crippen molar-refractivity contribution in [3.8, 4) is 6.07 Å². The lowest BCUT2D eigenvalue weighted by Crippen LogP contribution is -2.56. The van der Waals surface area contributed by atoms with Crippen LogP contribution in [-0.4, -0.2) is 37.0 Å². The van der Waals surface area contributed by atoms with Crippen molar-refractivity contribution in [2.75, 3.05) is 6.61 Å². The lowest BCUT2D eigenvalue weighted by Gasteiger charge is -2.43. The van der Waals surface area contributed by atoms with Gasteiger partial charge in [-0.05, 0) is 11.1 Å². The van der Waals surface area contributed by atoms with Gasteiger partial charge in [-0.2, -0.15) is 5.26 Å². The SMILES string of the molecule is CC(=O)OC[C@H]1O[C@H](C#N)[C@H](C)[C@@H](OCc2ccccc2)[C@@H]1OCc1ccccc1. The molecular weight excluding hydrogens is 382 g/mol. The smallest absolute Gasteiger partial charge is 0.302 e. The second-order valence-electron chi connectivity index (χ2n) is 7.41. The summed E-state index contributed by atoms with van der Waals surface area (Å²) in [5, 5.41) is 9.57. The van der Waals surface area contributed by atoms with Gasteiger partial charge in [-0.25, -0.2) is 0 Å². The second kappa shape index (κ2) is 10.9. The maximum atomic E-state index is 11.4. The van der Waals surface area contributed by atoms with E-state index in [1.54, 1.807) is 0 Å². The van der Waals surface area contributed by atoms with Gasteiger partial charge in [0.05, 0.1) is 25.4 Å². The van der Waals surface area contributed by atoms with Crippen LogP contribution in [0.3, 0.4) is 0 Å².